The molecule has 7 nitrogen and oxygen atoms in total. The van der Waals surface area contributed by atoms with Crippen LogP contribution in [0.4, 0.5) is 10.6 Å². The molecule has 1 aromatic heterocycles. The van der Waals surface area contributed by atoms with Crippen LogP contribution in [0.25, 0.3) is 0 Å². The van der Waals surface area contributed by atoms with Crippen molar-refractivity contribution < 1.29 is 9.63 Å². The normalized spacial score (nSPS) is 23.2. The highest BCUT2D eigenvalue weighted by atomic mass is 16.7. The molecular formula is C21H29N5O2. The van der Waals surface area contributed by atoms with E-state index in [1.54, 1.807) is 0 Å². The number of piperidine rings is 1. The molecule has 2 amide bonds. The van der Waals surface area contributed by atoms with Crippen LogP contribution in [0.3, 0.4) is 0 Å². The molecule has 4 aliphatic rings. The van der Waals surface area contributed by atoms with Gasteiger partial charge in [-0.3, -0.25) is 0 Å². The minimum atomic E-state index is -0.140. The summed E-state index contributed by atoms with van der Waals surface area (Å²) >= 11 is 0. The van der Waals surface area contributed by atoms with Crippen LogP contribution in [0.1, 0.15) is 44.1 Å². The summed E-state index contributed by atoms with van der Waals surface area (Å²) in [6.45, 7) is 4.34. The molecule has 3 fully saturated rings. The number of rotatable bonds is 5. The zero-order chi connectivity index (χ0) is 19.0. The predicted molar refractivity (Wildman–Crippen MR) is 108 cm³/mol. The van der Waals surface area contributed by atoms with E-state index in [2.05, 4.69) is 32.5 Å². The summed E-state index contributed by atoms with van der Waals surface area (Å²) in [5.41, 5.74) is 2.27. The molecule has 1 spiro atoms. The van der Waals surface area contributed by atoms with E-state index in [4.69, 9.17) is 4.84 Å². The first-order valence-corrected chi connectivity index (χ1v) is 10.7. The van der Waals surface area contributed by atoms with E-state index >= 15 is 0 Å². The van der Waals surface area contributed by atoms with E-state index in [0.717, 1.165) is 63.2 Å². The standard InChI is InChI=1S/C21H29N5O2/c27-20(22-9-6-16-2-5-19(23-15-16)25-10-1-11-25)26-12-7-21(8-13-26)14-18(24-28-21)17-3-4-17/h2,5,15,17H,1,3-4,6-14H2,(H,22,27). The molecule has 150 valence electrons. The Kier molecular flexibility index (Phi) is 4.61. The lowest BCUT2D eigenvalue weighted by Crippen LogP contribution is -2.50. The highest BCUT2D eigenvalue weighted by Crippen LogP contribution is 2.42. The Bertz CT molecular complexity index is 747. The van der Waals surface area contributed by atoms with Crippen LogP contribution >= 0.6 is 0 Å². The molecule has 0 unspecified atom stereocenters. The SMILES string of the molecule is O=C(NCCc1ccc(N2CCC2)nc1)N1CCC2(CC1)CC(C1CC1)=NO2. The number of hydrogen-bond acceptors (Lipinski definition) is 5. The molecule has 0 aromatic carbocycles. The quantitative estimate of drug-likeness (QED) is 0.848. The average molecular weight is 383 g/mol. The Balaban J connectivity index is 1.04. The Labute approximate surface area is 166 Å². The number of amides is 2. The zero-order valence-electron chi connectivity index (χ0n) is 16.4. The van der Waals surface area contributed by atoms with Gasteiger partial charge in [-0.15, -0.1) is 0 Å². The van der Waals surface area contributed by atoms with Gasteiger partial charge in [0.15, 0.2) is 0 Å². The Hall–Kier alpha value is -2.31. The van der Waals surface area contributed by atoms with Gasteiger partial charge < -0.3 is 20.0 Å². The summed E-state index contributed by atoms with van der Waals surface area (Å²) in [5, 5.41) is 7.40. The van der Waals surface area contributed by atoms with Crippen LogP contribution in [0.15, 0.2) is 23.5 Å². The summed E-state index contributed by atoms with van der Waals surface area (Å²) in [5.74, 6) is 1.74. The molecule has 28 heavy (non-hydrogen) atoms. The van der Waals surface area contributed by atoms with Gasteiger partial charge in [0.1, 0.15) is 11.4 Å². The third kappa shape index (κ3) is 3.66. The van der Waals surface area contributed by atoms with Crippen molar-refractivity contribution in [2.24, 2.45) is 11.1 Å². The first-order chi connectivity index (χ1) is 13.7. The van der Waals surface area contributed by atoms with Gasteiger partial charge in [-0.05, 0) is 37.3 Å². The lowest BCUT2D eigenvalue weighted by molar-refractivity contribution is -0.0550. The molecule has 2 saturated heterocycles. The van der Waals surface area contributed by atoms with Crippen molar-refractivity contribution in [1.82, 2.24) is 15.2 Å². The van der Waals surface area contributed by atoms with Gasteiger partial charge in [0.05, 0.1) is 5.71 Å². The smallest absolute Gasteiger partial charge is 0.317 e. The Morgan fingerprint density at radius 3 is 2.68 bits per heavy atom. The number of oxime groups is 1. The molecular weight excluding hydrogens is 354 g/mol. The maximum atomic E-state index is 12.5. The summed E-state index contributed by atoms with van der Waals surface area (Å²) in [4.78, 5) is 27.0. The van der Waals surface area contributed by atoms with E-state index in [0.29, 0.717) is 12.5 Å². The van der Waals surface area contributed by atoms with Gasteiger partial charge >= 0.3 is 6.03 Å². The Morgan fingerprint density at radius 1 is 1.21 bits per heavy atom. The molecule has 0 atom stereocenters. The van der Waals surface area contributed by atoms with Crippen molar-refractivity contribution >= 4 is 17.6 Å². The van der Waals surface area contributed by atoms with Crippen molar-refractivity contribution in [3.05, 3.63) is 23.9 Å². The second-order valence-electron chi connectivity index (χ2n) is 8.64. The third-order valence-electron chi connectivity index (χ3n) is 6.55. The maximum absolute atomic E-state index is 12.5. The third-order valence-corrected chi connectivity index (χ3v) is 6.55. The second kappa shape index (κ2) is 7.26. The fraction of sp³-hybridized carbons (Fsp3) is 0.667. The second-order valence-corrected chi connectivity index (χ2v) is 8.64. The number of carbonyl (C=O) groups is 1. The zero-order valence-corrected chi connectivity index (χ0v) is 16.4. The van der Waals surface area contributed by atoms with Gasteiger partial charge in [0, 0.05) is 64.1 Å². The number of urea groups is 1. The van der Waals surface area contributed by atoms with Crippen LogP contribution in [-0.2, 0) is 11.3 Å². The molecule has 1 aliphatic carbocycles. The van der Waals surface area contributed by atoms with Crippen molar-refractivity contribution in [2.45, 2.75) is 50.5 Å². The highest BCUT2D eigenvalue weighted by Gasteiger charge is 2.46. The number of hydrogen-bond donors (Lipinski definition) is 1. The van der Waals surface area contributed by atoms with E-state index in [9.17, 15) is 4.79 Å². The molecule has 0 bridgehead atoms. The number of nitrogens with one attached hydrogen (secondary N) is 1. The van der Waals surface area contributed by atoms with E-state index in [-0.39, 0.29) is 11.6 Å². The van der Waals surface area contributed by atoms with Gasteiger partial charge in [-0.25, -0.2) is 9.78 Å². The molecule has 4 heterocycles. The lowest BCUT2D eigenvalue weighted by atomic mass is 9.86. The van der Waals surface area contributed by atoms with Crippen LogP contribution in [0, 0.1) is 5.92 Å². The lowest BCUT2D eigenvalue weighted by Gasteiger charge is -2.37. The number of nitrogens with zero attached hydrogens (tertiary/aromatic N) is 4. The number of pyridine rings is 1. The fourth-order valence-electron chi connectivity index (χ4n) is 4.29. The summed E-state index contributed by atoms with van der Waals surface area (Å²) < 4.78 is 0. The average Bonchev–Trinajstić information content (AvgIpc) is 3.44. The summed E-state index contributed by atoms with van der Waals surface area (Å²) in [6, 6.07) is 4.23. The number of aromatic nitrogens is 1. The van der Waals surface area contributed by atoms with E-state index in [1.807, 2.05) is 11.1 Å². The molecule has 7 heteroatoms. The molecule has 0 radical (unpaired) electrons. The first-order valence-electron chi connectivity index (χ1n) is 10.7. The molecule has 1 saturated carbocycles. The van der Waals surface area contributed by atoms with Gasteiger partial charge in [-0.2, -0.15) is 0 Å². The summed E-state index contributed by atoms with van der Waals surface area (Å²) in [7, 11) is 0. The fourth-order valence-corrected chi connectivity index (χ4v) is 4.29. The maximum Gasteiger partial charge on any atom is 0.317 e. The largest absolute Gasteiger partial charge is 0.389 e. The first kappa shape index (κ1) is 17.8. The number of anilines is 1. The molecule has 3 aliphatic heterocycles. The van der Waals surface area contributed by atoms with Gasteiger partial charge in [0.25, 0.3) is 0 Å². The molecule has 1 N–H and O–H groups in total. The van der Waals surface area contributed by atoms with Crippen LogP contribution < -0.4 is 10.2 Å². The topological polar surface area (TPSA) is 70.1 Å². The molecule has 5 rings (SSSR count). The van der Waals surface area contributed by atoms with E-state index < -0.39 is 0 Å². The van der Waals surface area contributed by atoms with Crippen LogP contribution in [0.5, 0.6) is 0 Å². The van der Waals surface area contributed by atoms with Gasteiger partial charge in [-0.1, -0.05) is 11.2 Å². The Morgan fingerprint density at radius 2 is 2.04 bits per heavy atom. The minimum absolute atomic E-state index is 0.0290. The van der Waals surface area contributed by atoms with E-state index in [1.165, 1.54) is 25.0 Å². The van der Waals surface area contributed by atoms with Crippen molar-refractivity contribution in [1.29, 1.82) is 0 Å². The van der Waals surface area contributed by atoms with Crippen molar-refractivity contribution in [3.8, 4) is 0 Å². The number of likely N-dealkylation sites (tertiary alicyclic amines) is 1. The van der Waals surface area contributed by atoms with Crippen molar-refractivity contribution in [2.75, 3.05) is 37.6 Å². The highest BCUT2D eigenvalue weighted by molar-refractivity contribution is 5.90. The van der Waals surface area contributed by atoms with Gasteiger partial charge in [0.2, 0.25) is 0 Å². The number of carbonyl (C=O) groups excluding carboxylic acids is 1. The minimum Gasteiger partial charge on any atom is -0.389 e. The van der Waals surface area contributed by atoms with Crippen LogP contribution in [-0.4, -0.2) is 60.0 Å². The predicted octanol–water partition coefficient (Wildman–Crippen LogP) is 2.56. The molecule has 1 aromatic rings. The van der Waals surface area contributed by atoms with Crippen LogP contribution in [0.2, 0.25) is 0 Å². The summed E-state index contributed by atoms with van der Waals surface area (Å²) in [6.07, 6.45) is 9.25. The van der Waals surface area contributed by atoms with Crippen molar-refractivity contribution in [3.63, 3.8) is 0 Å². The monoisotopic (exact) mass is 383 g/mol.